The first-order chi connectivity index (χ1) is 4.63. The van der Waals surface area contributed by atoms with E-state index in [1.807, 2.05) is 6.92 Å². The summed E-state index contributed by atoms with van der Waals surface area (Å²) in [6.45, 7) is 1.89. The van der Waals surface area contributed by atoms with Crippen LogP contribution in [0.3, 0.4) is 0 Å². The molecule has 0 aromatic rings. The summed E-state index contributed by atoms with van der Waals surface area (Å²) in [5.41, 5.74) is 0. The van der Waals surface area contributed by atoms with Gasteiger partial charge in [0.2, 0.25) is 5.05 Å². The van der Waals surface area contributed by atoms with E-state index in [0.29, 0.717) is 16.5 Å². The number of rotatable bonds is 2. The lowest BCUT2D eigenvalue weighted by molar-refractivity contribution is 0.416. The van der Waals surface area contributed by atoms with Crippen LogP contribution in [-0.2, 0) is 4.74 Å². The summed E-state index contributed by atoms with van der Waals surface area (Å²) < 4.78 is 4.69. The smallest absolute Gasteiger partial charge is 0.203 e. The summed E-state index contributed by atoms with van der Waals surface area (Å²) in [5, 5.41) is 1.11. The summed E-state index contributed by atoms with van der Waals surface area (Å²) in [6, 6.07) is 0. The van der Waals surface area contributed by atoms with Crippen LogP contribution in [0.2, 0.25) is 0 Å². The monoisotopic (exact) mass is 198 g/mol. The minimum atomic E-state index is 0.244. The molecule has 0 unspecified atom stereocenters. The molecule has 0 radical (unpaired) electrons. The molecule has 0 rings (SSSR count). The number of halogens is 2. The first-order valence-corrected chi connectivity index (χ1v) is 3.92. The number of hydrogen-bond donors (Lipinski definition) is 0. The van der Waals surface area contributed by atoms with E-state index in [-0.39, 0.29) is 5.05 Å². The van der Waals surface area contributed by atoms with E-state index in [2.05, 4.69) is 0 Å². The van der Waals surface area contributed by atoms with E-state index in [0.717, 1.165) is 0 Å². The standard InChI is InChI=1S/C6H8Cl2OS/c1-3-4(7)5(8)6(10)9-2/h3H2,1-2H3. The quantitative estimate of drug-likeness (QED) is 0.499. The molecule has 0 N–H and O–H groups in total. The second kappa shape index (κ2) is 4.94. The minimum absolute atomic E-state index is 0.244. The molecule has 1 nitrogen and oxygen atoms in total. The summed E-state index contributed by atoms with van der Waals surface area (Å²) >= 11 is 16.1. The van der Waals surface area contributed by atoms with Crippen molar-refractivity contribution in [3.05, 3.63) is 10.1 Å². The van der Waals surface area contributed by atoms with E-state index in [1.165, 1.54) is 7.11 Å². The van der Waals surface area contributed by atoms with E-state index in [1.54, 1.807) is 0 Å². The van der Waals surface area contributed by atoms with Gasteiger partial charge in [-0.3, -0.25) is 0 Å². The van der Waals surface area contributed by atoms with Crippen LogP contribution in [0, 0.1) is 0 Å². The molecule has 58 valence electrons. The number of methoxy groups -OCH3 is 1. The fourth-order valence-electron chi connectivity index (χ4n) is 0.356. The third-order valence-corrected chi connectivity index (χ3v) is 2.35. The van der Waals surface area contributed by atoms with Crippen molar-refractivity contribution in [1.82, 2.24) is 0 Å². The second-order valence-corrected chi connectivity index (χ2v) is 2.77. The Hall–Kier alpha value is 0.210. The fourth-order valence-corrected chi connectivity index (χ4v) is 0.831. The normalized spacial score (nSPS) is 12.4. The zero-order chi connectivity index (χ0) is 8.15. The van der Waals surface area contributed by atoms with Crippen LogP contribution in [0.4, 0.5) is 0 Å². The Bertz CT molecular complexity index is 165. The van der Waals surface area contributed by atoms with Gasteiger partial charge in [0.05, 0.1) is 7.11 Å². The zero-order valence-corrected chi connectivity index (χ0v) is 8.11. The maximum absolute atomic E-state index is 5.67. The first kappa shape index (κ1) is 10.2. The molecule has 0 aromatic heterocycles. The molecule has 0 amide bonds. The largest absolute Gasteiger partial charge is 0.486 e. The Morgan fingerprint density at radius 2 is 2.00 bits per heavy atom. The molecule has 0 atom stereocenters. The lowest BCUT2D eigenvalue weighted by Gasteiger charge is -2.00. The Balaban J connectivity index is 4.30. The van der Waals surface area contributed by atoms with Crippen molar-refractivity contribution >= 4 is 40.5 Å². The van der Waals surface area contributed by atoms with Gasteiger partial charge in [-0.05, 0) is 18.6 Å². The van der Waals surface area contributed by atoms with Gasteiger partial charge in [-0.15, -0.1) is 0 Å². The van der Waals surface area contributed by atoms with Gasteiger partial charge in [0.1, 0.15) is 5.03 Å². The lowest BCUT2D eigenvalue weighted by atomic mass is 10.4. The number of allylic oxidation sites excluding steroid dienone is 1. The van der Waals surface area contributed by atoms with E-state index in [9.17, 15) is 0 Å². The van der Waals surface area contributed by atoms with Crippen molar-refractivity contribution in [2.75, 3.05) is 7.11 Å². The molecular weight excluding hydrogens is 191 g/mol. The van der Waals surface area contributed by atoms with Crippen LogP contribution in [-0.4, -0.2) is 12.2 Å². The Kier molecular flexibility index (Phi) is 5.04. The molecule has 0 fully saturated rings. The van der Waals surface area contributed by atoms with Gasteiger partial charge in [-0.1, -0.05) is 30.1 Å². The molecule has 0 aliphatic heterocycles. The molecule has 0 bridgehead atoms. The molecule has 0 aliphatic carbocycles. The topological polar surface area (TPSA) is 9.23 Å². The highest BCUT2D eigenvalue weighted by atomic mass is 35.5. The molecule has 0 saturated heterocycles. The van der Waals surface area contributed by atoms with E-state index >= 15 is 0 Å². The van der Waals surface area contributed by atoms with Gasteiger partial charge < -0.3 is 4.74 Å². The van der Waals surface area contributed by atoms with Crippen molar-refractivity contribution in [2.24, 2.45) is 0 Å². The maximum Gasteiger partial charge on any atom is 0.203 e. The summed E-state index contributed by atoms with van der Waals surface area (Å²) in [6.07, 6.45) is 0.671. The molecule has 0 aromatic carbocycles. The molecule has 0 saturated carbocycles. The highest BCUT2D eigenvalue weighted by molar-refractivity contribution is 7.80. The molecule has 4 heteroatoms. The fraction of sp³-hybridized carbons (Fsp3) is 0.500. The highest BCUT2D eigenvalue weighted by Gasteiger charge is 2.05. The Morgan fingerprint density at radius 3 is 2.30 bits per heavy atom. The first-order valence-electron chi connectivity index (χ1n) is 2.76. The Labute approximate surface area is 76.0 Å². The summed E-state index contributed by atoms with van der Waals surface area (Å²) in [7, 11) is 1.46. The SMILES string of the molecule is CCC(Cl)=C(Cl)C(=S)OC. The average molecular weight is 199 g/mol. The van der Waals surface area contributed by atoms with E-state index in [4.69, 9.17) is 40.2 Å². The van der Waals surface area contributed by atoms with Crippen LogP contribution in [0.25, 0.3) is 0 Å². The maximum atomic E-state index is 5.67. The van der Waals surface area contributed by atoms with Gasteiger partial charge in [-0.25, -0.2) is 0 Å². The third kappa shape index (κ3) is 2.86. The predicted molar refractivity (Wildman–Crippen MR) is 48.6 cm³/mol. The second-order valence-electron chi connectivity index (χ2n) is 1.56. The third-order valence-electron chi connectivity index (χ3n) is 0.913. The van der Waals surface area contributed by atoms with E-state index < -0.39 is 0 Å². The zero-order valence-electron chi connectivity index (χ0n) is 5.78. The lowest BCUT2D eigenvalue weighted by Crippen LogP contribution is -1.97. The highest BCUT2D eigenvalue weighted by Crippen LogP contribution is 2.18. The Morgan fingerprint density at radius 1 is 1.50 bits per heavy atom. The number of thiocarbonyl (C=S) groups is 1. The molecule has 10 heavy (non-hydrogen) atoms. The van der Waals surface area contributed by atoms with Crippen molar-refractivity contribution in [3.8, 4) is 0 Å². The van der Waals surface area contributed by atoms with Crippen molar-refractivity contribution in [2.45, 2.75) is 13.3 Å². The van der Waals surface area contributed by atoms with Crippen LogP contribution in [0.1, 0.15) is 13.3 Å². The summed E-state index contributed by atoms with van der Waals surface area (Å²) in [4.78, 5) is 0. The van der Waals surface area contributed by atoms with Gasteiger partial charge in [0.25, 0.3) is 0 Å². The van der Waals surface area contributed by atoms with Crippen molar-refractivity contribution < 1.29 is 4.74 Å². The van der Waals surface area contributed by atoms with Crippen LogP contribution in [0.5, 0.6) is 0 Å². The van der Waals surface area contributed by atoms with Gasteiger partial charge in [-0.2, -0.15) is 0 Å². The molecule has 0 spiro atoms. The number of ether oxygens (including phenoxy) is 1. The van der Waals surface area contributed by atoms with Crippen LogP contribution < -0.4 is 0 Å². The average Bonchev–Trinajstić information content (AvgIpc) is 2.00. The number of hydrogen-bond acceptors (Lipinski definition) is 2. The van der Waals surface area contributed by atoms with Crippen molar-refractivity contribution in [1.29, 1.82) is 0 Å². The van der Waals surface area contributed by atoms with Crippen molar-refractivity contribution in [3.63, 3.8) is 0 Å². The van der Waals surface area contributed by atoms with Crippen LogP contribution >= 0.6 is 35.4 Å². The summed E-state index contributed by atoms with van der Waals surface area (Å²) in [5.74, 6) is 0. The van der Waals surface area contributed by atoms with Gasteiger partial charge in [0.15, 0.2) is 0 Å². The van der Waals surface area contributed by atoms with Gasteiger partial charge in [0, 0.05) is 5.03 Å². The minimum Gasteiger partial charge on any atom is -0.486 e. The predicted octanol–water partition coefficient (Wildman–Crippen LogP) is 3.06. The molecule has 0 aliphatic rings. The molecule has 0 heterocycles. The van der Waals surface area contributed by atoms with Gasteiger partial charge >= 0.3 is 0 Å². The van der Waals surface area contributed by atoms with Crippen LogP contribution in [0.15, 0.2) is 10.1 Å². The molecular formula is C6H8Cl2OS.